The predicted octanol–water partition coefficient (Wildman–Crippen LogP) is 1.34. The molecule has 0 aliphatic carbocycles. The number of hydrogen-bond donors (Lipinski definition) is 0. The Labute approximate surface area is 155 Å². The molecule has 0 bridgehead atoms. The second-order valence-corrected chi connectivity index (χ2v) is 6.85. The Morgan fingerprint density at radius 3 is 2.15 bits per heavy atom. The minimum Gasteiger partial charge on any atom is -0.368 e. The van der Waals surface area contributed by atoms with Crippen molar-refractivity contribution in [2.75, 3.05) is 73.6 Å². The summed E-state index contributed by atoms with van der Waals surface area (Å²) in [7, 11) is 0. The van der Waals surface area contributed by atoms with E-state index in [2.05, 4.69) is 67.1 Å². The van der Waals surface area contributed by atoms with E-state index in [0.29, 0.717) is 0 Å². The lowest BCUT2D eigenvalue weighted by Gasteiger charge is -2.37. The zero-order valence-electron chi connectivity index (χ0n) is 15.5. The number of aromatic nitrogens is 3. The Kier molecular flexibility index (Phi) is 5.15. The van der Waals surface area contributed by atoms with Gasteiger partial charge in [0, 0.05) is 58.0 Å². The molecule has 2 aromatic rings. The van der Waals surface area contributed by atoms with Crippen molar-refractivity contribution >= 4 is 17.5 Å². The first kappa shape index (κ1) is 17.0. The van der Waals surface area contributed by atoms with Crippen molar-refractivity contribution in [3.8, 4) is 0 Å². The molecule has 138 valence electrons. The molecule has 2 saturated heterocycles. The molecule has 0 unspecified atom stereocenters. The molecule has 4 rings (SSSR count). The maximum absolute atomic E-state index is 4.81. The van der Waals surface area contributed by atoms with Crippen LogP contribution in [0.2, 0.25) is 0 Å². The number of nitrogens with zero attached hydrogens (tertiary/aromatic N) is 7. The van der Waals surface area contributed by atoms with Crippen LogP contribution >= 0.6 is 0 Å². The fourth-order valence-electron chi connectivity index (χ4n) is 3.67. The van der Waals surface area contributed by atoms with E-state index in [1.54, 1.807) is 6.20 Å². The molecule has 2 fully saturated rings. The third-order valence-corrected chi connectivity index (χ3v) is 5.36. The molecule has 1 aromatic heterocycles. The first-order valence-corrected chi connectivity index (χ1v) is 9.55. The molecule has 0 radical (unpaired) electrons. The fraction of sp³-hybridized carbons (Fsp3) is 0.526. The molecule has 0 atom stereocenters. The summed E-state index contributed by atoms with van der Waals surface area (Å²) >= 11 is 0. The lowest BCUT2D eigenvalue weighted by Crippen LogP contribution is -2.48. The maximum atomic E-state index is 4.81. The molecule has 0 N–H and O–H groups in total. The number of likely N-dealkylation sites (N-methyl/N-ethyl adjacent to an activating group) is 1. The minimum atomic E-state index is 0.758. The van der Waals surface area contributed by atoms with Gasteiger partial charge in [-0.1, -0.05) is 25.1 Å². The SMILES string of the molecule is CCN1CCN(c2cnnc(N3CCN(c4ccccc4)CC3)n2)CC1. The van der Waals surface area contributed by atoms with Crippen LogP contribution in [0.25, 0.3) is 0 Å². The highest BCUT2D eigenvalue weighted by atomic mass is 15.4. The molecule has 3 heterocycles. The number of rotatable bonds is 4. The van der Waals surface area contributed by atoms with Crippen LogP contribution < -0.4 is 14.7 Å². The number of anilines is 3. The molecule has 2 aliphatic rings. The van der Waals surface area contributed by atoms with Gasteiger partial charge >= 0.3 is 0 Å². The zero-order chi connectivity index (χ0) is 17.8. The quantitative estimate of drug-likeness (QED) is 0.822. The molecule has 26 heavy (non-hydrogen) atoms. The first-order valence-electron chi connectivity index (χ1n) is 9.55. The normalized spacial score (nSPS) is 19.0. The third kappa shape index (κ3) is 3.72. The summed E-state index contributed by atoms with van der Waals surface area (Å²) in [5, 5.41) is 8.52. The zero-order valence-corrected chi connectivity index (χ0v) is 15.5. The molecular weight excluding hydrogens is 326 g/mol. The highest BCUT2D eigenvalue weighted by Crippen LogP contribution is 2.19. The molecule has 2 aliphatic heterocycles. The maximum Gasteiger partial charge on any atom is 0.247 e. The monoisotopic (exact) mass is 353 g/mol. The molecule has 0 spiro atoms. The van der Waals surface area contributed by atoms with Crippen molar-refractivity contribution in [2.45, 2.75) is 6.92 Å². The van der Waals surface area contributed by atoms with Crippen LogP contribution in [0.4, 0.5) is 17.5 Å². The third-order valence-electron chi connectivity index (χ3n) is 5.36. The van der Waals surface area contributed by atoms with E-state index in [0.717, 1.165) is 70.7 Å². The first-order chi connectivity index (χ1) is 12.8. The van der Waals surface area contributed by atoms with E-state index in [4.69, 9.17) is 4.98 Å². The van der Waals surface area contributed by atoms with Crippen molar-refractivity contribution in [1.29, 1.82) is 0 Å². The minimum absolute atomic E-state index is 0.758. The number of benzene rings is 1. The molecular formula is C19H27N7. The van der Waals surface area contributed by atoms with Crippen LogP contribution in [0.1, 0.15) is 6.92 Å². The summed E-state index contributed by atoms with van der Waals surface area (Å²) in [6.45, 7) is 11.3. The second kappa shape index (κ2) is 7.86. The average Bonchev–Trinajstić information content (AvgIpc) is 2.75. The standard InChI is InChI=1S/C19H27N7/c1-2-23-8-10-25(11-9-23)18-16-20-22-19(21-18)26-14-12-24(13-15-26)17-6-4-3-5-7-17/h3-7,16H,2,8-15H2,1H3. The Bertz CT molecular complexity index is 692. The molecule has 0 amide bonds. The van der Waals surface area contributed by atoms with Crippen LogP contribution in [0.15, 0.2) is 36.5 Å². The van der Waals surface area contributed by atoms with E-state index in [9.17, 15) is 0 Å². The highest BCUT2D eigenvalue weighted by Gasteiger charge is 2.22. The van der Waals surface area contributed by atoms with Gasteiger partial charge in [-0.15, -0.1) is 5.10 Å². The van der Waals surface area contributed by atoms with Gasteiger partial charge in [-0.3, -0.25) is 0 Å². The van der Waals surface area contributed by atoms with Gasteiger partial charge in [0.1, 0.15) is 0 Å². The van der Waals surface area contributed by atoms with Crippen LogP contribution in [0.5, 0.6) is 0 Å². The van der Waals surface area contributed by atoms with Crippen LogP contribution in [-0.2, 0) is 0 Å². The lowest BCUT2D eigenvalue weighted by atomic mass is 10.2. The van der Waals surface area contributed by atoms with Gasteiger partial charge in [0.05, 0.1) is 6.20 Å². The summed E-state index contributed by atoms with van der Waals surface area (Å²) in [5.74, 6) is 1.71. The van der Waals surface area contributed by atoms with Gasteiger partial charge < -0.3 is 19.6 Å². The van der Waals surface area contributed by atoms with Crippen LogP contribution in [0.3, 0.4) is 0 Å². The Morgan fingerprint density at radius 2 is 1.46 bits per heavy atom. The Balaban J connectivity index is 1.38. The van der Waals surface area contributed by atoms with Gasteiger partial charge in [0.15, 0.2) is 5.82 Å². The second-order valence-electron chi connectivity index (χ2n) is 6.85. The highest BCUT2D eigenvalue weighted by molar-refractivity contribution is 5.49. The summed E-state index contributed by atoms with van der Waals surface area (Å²) in [5.41, 5.74) is 1.29. The average molecular weight is 353 g/mol. The van der Waals surface area contributed by atoms with E-state index >= 15 is 0 Å². The summed E-state index contributed by atoms with van der Waals surface area (Å²) in [6.07, 6.45) is 1.80. The Morgan fingerprint density at radius 1 is 0.808 bits per heavy atom. The van der Waals surface area contributed by atoms with E-state index in [1.165, 1.54) is 5.69 Å². The summed E-state index contributed by atoms with van der Waals surface area (Å²) in [6, 6.07) is 10.6. The van der Waals surface area contributed by atoms with E-state index in [1.807, 2.05) is 0 Å². The van der Waals surface area contributed by atoms with Gasteiger partial charge in [0.2, 0.25) is 5.95 Å². The molecule has 0 saturated carbocycles. The van der Waals surface area contributed by atoms with Gasteiger partial charge in [0.25, 0.3) is 0 Å². The van der Waals surface area contributed by atoms with E-state index in [-0.39, 0.29) is 0 Å². The summed E-state index contributed by atoms with van der Waals surface area (Å²) < 4.78 is 0. The van der Waals surface area contributed by atoms with Gasteiger partial charge in [-0.05, 0) is 18.7 Å². The van der Waals surface area contributed by atoms with Crippen LogP contribution in [0, 0.1) is 0 Å². The van der Waals surface area contributed by atoms with Crippen molar-refractivity contribution < 1.29 is 0 Å². The van der Waals surface area contributed by atoms with Crippen molar-refractivity contribution in [3.05, 3.63) is 36.5 Å². The molecule has 1 aromatic carbocycles. The molecule has 7 nitrogen and oxygen atoms in total. The largest absolute Gasteiger partial charge is 0.368 e. The van der Waals surface area contributed by atoms with Crippen molar-refractivity contribution in [2.24, 2.45) is 0 Å². The number of para-hydroxylation sites is 1. The van der Waals surface area contributed by atoms with Crippen molar-refractivity contribution in [1.82, 2.24) is 20.1 Å². The number of hydrogen-bond acceptors (Lipinski definition) is 7. The number of piperazine rings is 2. The Hall–Kier alpha value is -2.41. The summed E-state index contributed by atoms with van der Waals surface area (Å²) in [4.78, 5) is 14.3. The lowest BCUT2D eigenvalue weighted by molar-refractivity contribution is 0.270. The van der Waals surface area contributed by atoms with Crippen LogP contribution in [-0.4, -0.2) is 79.0 Å². The smallest absolute Gasteiger partial charge is 0.247 e. The fourth-order valence-corrected chi connectivity index (χ4v) is 3.67. The van der Waals surface area contributed by atoms with Gasteiger partial charge in [-0.25, -0.2) is 0 Å². The van der Waals surface area contributed by atoms with E-state index < -0.39 is 0 Å². The van der Waals surface area contributed by atoms with Crippen molar-refractivity contribution in [3.63, 3.8) is 0 Å². The van der Waals surface area contributed by atoms with Gasteiger partial charge in [-0.2, -0.15) is 10.1 Å². The topological polar surface area (TPSA) is 51.6 Å². The molecule has 7 heteroatoms. The predicted molar refractivity (Wildman–Crippen MR) is 105 cm³/mol.